The third-order valence-electron chi connectivity index (χ3n) is 5.11. The molecule has 0 aromatic heterocycles. The number of halogens is 1. The number of unbranched alkanes of at least 4 members (excludes halogenated alkanes) is 7. The summed E-state index contributed by atoms with van der Waals surface area (Å²) in [6.45, 7) is 1.90. The Morgan fingerprint density at radius 1 is 0.889 bits per heavy atom. The van der Waals surface area contributed by atoms with Gasteiger partial charge in [0.2, 0.25) is 0 Å². The summed E-state index contributed by atoms with van der Waals surface area (Å²) >= 11 is 7.26. The number of hydrogen-bond donors (Lipinski definition) is 3. The van der Waals surface area contributed by atoms with Crippen molar-refractivity contribution in [1.82, 2.24) is 4.84 Å². The Balaban J connectivity index is 1.52. The van der Waals surface area contributed by atoms with Crippen LogP contribution in [0.25, 0.3) is 0 Å². The van der Waals surface area contributed by atoms with E-state index in [0.29, 0.717) is 13.2 Å². The average Bonchev–Trinajstić information content (AvgIpc) is 2.81. The van der Waals surface area contributed by atoms with E-state index in [0.717, 1.165) is 30.9 Å². The zero-order chi connectivity index (χ0) is 19.3. The van der Waals surface area contributed by atoms with Crippen LogP contribution >= 0.6 is 23.5 Å². The maximum atomic E-state index is 10.3. The number of fused-ring (bicyclic) bond motifs is 6. The lowest BCUT2D eigenvalue weighted by molar-refractivity contribution is -0.289. The fourth-order valence-electron chi connectivity index (χ4n) is 3.52. The van der Waals surface area contributed by atoms with E-state index >= 15 is 0 Å². The van der Waals surface area contributed by atoms with Crippen LogP contribution in [0.4, 0.5) is 0 Å². The largest absolute Gasteiger partial charge is 0.387 e. The molecular weight excluding hydrogens is 390 g/mol. The molecule has 0 aromatic carbocycles. The van der Waals surface area contributed by atoms with Crippen LogP contribution in [0.3, 0.4) is 0 Å². The van der Waals surface area contributed by atoms with Gasteiger partial charge in [-0.25, -0.2) is 4.84 Å². The molecule has 0 aromatic rings. The fourth-order valence-corrected chi connectivity index (χ4v) is 4.73. The molecule has 0 aliphatic carbocycles. The van der Waals surface area contributed by atoms with Gasteiger partial charge in [-0.3, -0.25) is 0 Å². The minimum Gasteiger partial charge on any atom is -0.387 e. The van der Waals surface area contributed by atoms with E-state index in [-0.39, 0.29) is 6.10 Å². The number of thioether (sulfide) groups is 1. The zero-order valence-electron chi connectivity index (χ0n) is 16.2. The third-order valence-corrected chi connectivity index (χ3v) is 6.44. The Hall–Kier alpha value is 0.400. The molecule has 0 spiro atoms. The van der Waals surface area contributed by atoms with Gasteiger partial charge < -0.3 is 24.4 Å². The van der Waals surface area contributed by atoms with E-state index in [1.54, 1.807) is 0 Å². The third kappa shape index (κ3) is 8.74. The Bertz CT molecular complexity index is 380. The Kier molecular flexibility index (Phi) is 12.6. The van der Waals surface area contributed by atoms with Crippen molar-refractivity contribution in [3.05, 3.63) is 0 Å². The molecule has 3 fully saturated rings. The van der Waals surface area contributed by atoms with Crippen LogP contribution in [0.2, 0.25) is 0 Å². The summed E-state index contributed by atoms with van der Waals surface area (Å²) in [5.74, 6) is 1.83. The summed E-state index contributed by atoms with van der Waals surface area (Å²) in [5, 5.41) is 20.4. The zero-order valence-corrected chi connectivity index (χ0v) is 17.8. The fraction of sp³-hybridized carbons (Fsp3) is 1.00. The Morgan fingerprint density at radius 2 is 1.56 bits per heavy atom. The predicted octanol–water partition coefficient (Wildman–Crippen LogP) is 2.84. The lowest BCUT2D eigenvalue weighted by Gasteiger charge is -2.41. The van der Waals surface area contributed by atoms with E-state index in [1.165, 1.54) is 44.9 Å². The van der Waals surface area contributed by atoms with Crippen LogP contribution in [0.1, 0.15) is 57.8 Å². The van der Waals surface area contributed by atoms with E-state index in [2.05, 4.69) is 4.84 Å². The first-order valence-electron chi connectivity index (χ1n) is 10.4. The van der Waals surface area contributed by atoms with Crippen molar-refractivity contribution in [2.45, 2.75) is 88.5 Å². The molecule has 3 saturated heterocycles. The summed E-state index contributed by atoms with van der Waals surface area (Å²) in [7, 11) is 0. The van der Waals surface area contributed by atoms with Crippen molar-refractivity contribution in [3.63, 3.8) is 0 Å². The van der Waals surface area contributed by atoms with E-state index in [9.17, 15) is 10.2 Å². The summed E-state index contributed by atoms with van der Waals surface area (Å²) < 4.78 is 17.2. The highest BCUT2D eigenvalue weighted by atomic mass is 35.5. The van der Waals surface area contributed by atoms with Crippen molar-refractivity contribution in [2.24, 2.45) is 0 Å². The predicted molar refractivity (Wildman–Crippen MR) is 109 cm³/mol. The standard InChI is InChI=1S/C19H36ClNO5S/c20-21-10-7-5-3-1-2-4-6-8-13-27-14-15-18-16(22)17(23)19(26-15)25-12-9-11-24-18/h15-19,21-23H,1-14H2. The number of aliphatic hydroxyl groups is 2. The second-order valence-corrected chi connectivity index (χ2v) is 8.79. The highest BCUT2D eigenvalue weighted by molar-refractivity contribution is 7.99. The summed E-state index contributed by atoms with van der Waals surface area (Å²) in [6.07, 6.45) is 7.38. The molecule has 3 aliphatic heterocycles. The first kappa shape index (κ1) is 23.7. The maximum absolute atomic E-state index is 10.3. The first-order valence-corrected chi connectivity index (χ1v) is 11.9. The van der Waals surface area contributed by atoms with Crippen molar-refractivity contribution in [3.8, 4) is 0 Å². The molecule has 0 saturated carbocycles. The normalized spacial score (nSPS) is 31.4. The smallest absolute Gasteiger partial charge is 0.186 e. The molecular formula is C19H36ClNO5S. The van der Waals surface area contributed by atoms with Crippen LogP contribution < -0.4 is 4.84 Å². The lowest BCUT2D eigenvalue weighted by atomic mass is 10.00. The number of hydrogen-bond acceptors (Lipinski definition) is 7. The SMILES string of the molecule is OC1C2OCCCOC(C(CSCCCCCCCCCCNCl)O2)C1O. The number of nitrogens with one attached hydrogen (secondary N) is 1. The van der Waals surface area contributed by atoms with Gasteiger partial charge in [0, 0.05) is 18.9 Å². The van der Waals surface area contributed by atoms with Gasteiger partial charge in [-0.05, 0) is 36.8 Å². The van der Waals surface area contributed by atoms with E-state index < -0.39 is 24.6 Å². The molecule has 8 heteroatoms. The quantitative estimate of drug-likeness (QED) is 0.309. The molecule has 0 radical (unpaired) electrons. The second kappa shape index (κ2) is 14.4. The summed E-state index contributed by atoms with van der Waals surface area (Å²) in [5.41, 5.74) is 0. The first-order chi connectivity index (χ1) is 13.2. The number of aliphatic hydroxyl groups excluding tert-OH is 2. The van der Waals surface area contributed by atoms with Crippen LogP contribution in [0.15, 0.2) is 0 Å². The topological polar surface area (TPSA) is 80.2 Å². The highest BCUT2D eigenvalue weighted by Gasteiger charge is 2.46. The van der Waals surface area contributed by atoms with Crippen molar-refractivity contribution in [1.29, 1.82) is 0 Å². The van der Waals surface area contributed by atoms with Crippen LogP contribution in [0, 0.1) is 0 Å². The molecule has 5 atom stereocenters. The van der Waals surface area contributed by atoms with Crippen molar-refractivity contribution in [2.75, 3.05) is 31.3 Å². The van der Waals surface area contributed by atoms with E-state index in [1.807, 2.05) is 11.8 Å². The van der Waals surface area contributed by atoms with Crippen LogP contribution in [-0.4, -0.2) is 72.2 Å². The molecule has 3 rings (SSSR count). The Morgan fingerprint density at radius 3 is 2.30 bits per heavy atom. The van der Waals surface area contributed by atoms with Crippen molar-refractivity contribution >= 4 is 23.5 Å². The second-order valence-electron chi connectivity index (χ2n) is 7.37. The van der Waals surface area contributed by atoms with E-state index in [4.69, 9.17) is 26.0 Å². The molecule has 160 valence electrons. The minimum absolute atomic E-state index is 0.237. The number of ether oxygens (including phenoxy) is 3. The van der Waals surface area contributed by atoms with Gasteiger partial charge in [-0.2, -0.15) is 11.8 Å². The summed E-state index contributed by atoms with van der Waals surface area (Å²) in [6, 6.07) is 0. The molecule has 3 aliphatic rings. The highest BCUT2D eigenvalue weighted by Crippen LogP contribution is 2.28. The lowest BCUT2D eigenvalue weighted by Crippen LogP contribution is -2.59. The van der Waals surface area contributed by atoms with Gasteiger partial charge in [0.05, 0.1) is 12.7 Å². The van der Waals surface area contributed by atoms with Crippen molar-refractivity contribution < 1.29 is 24.4 Å². The molecule has 3 heterocycles. The summed E-state index contributed by atoms with van der Waals surface area (Å²) in [4.78, 5) is 2.66. The van der Waals surface area contributed by atoms with Gasteiger partial charge in [0.25, 0.3) is 0 Å². The van der Waals surface area contributed by atoms with Gasteiger partial charge >= 0.3 is 0 Å². The molecule has 2 bridgehead atoms. The molecule has 3 N–H and O–H groups in total. The van der Waals surface area contributed by atoms with Gasteiger partial charge in [0.15, 0.2) is 6.29 Å². The van der Waals surface area contributed by atoms with Gasteiger partial charge in [-0.15, -0.1) is 0 Å². The molecule has 5 unspecified atom stereocenters. The maximum Gasteiger partial charge on any atom is 0.186 e. The van der Waals surface area contributed by atoms with Gasteiger partial charge in [-0.1, -0.05) is 38.5 Å². The average molecular weight is 426 g/mol. The number of rotatable bonds is 13. The minimum atomic E-state index is -1.04. The van der Waals surface area contributed by atoms with Crippen LogP contribution in [0.5, 0.6) is 0 Å². The monoisotopic (exact) mass is 425 g/mol. The molecule has 0 amide bonds. The van der Waals surface area contributed by atoms with Gasteiger partial charge in [0.1, 0.15) is 18.3 Å². The molecule has 6 nitrogen and oxygen atoms in total. The van der Waals surface area contributed by atoms with Crippen LogP contribution in [-0.2, 0) is 14.2 Å². The molecule has 27 heavy (non-hydrogen) atoms. The Labute approximate surface area is 172 Å².